The number of amides is 3. The third-order valence-electron chi connectivity index (χ3n) is 11.2. The van der Waals surface area contributed by atoms with Crippen molar-refractivity contribution in [3.63, 3.8) is 0 Å². The summed E-state index contributed by atoms with van der Waals surface area (Å²) in [4.78, 5) is 77.6. The van der Waals surface area contributed by atoms with Gasteiger partial charge in [-0.15, -0.1) is 4.31 Å². The van der Waals surface area contributed by atoms with E-state index in [2.05, 4.69) is 31.9 Å². The van der Waals surface area contributed by atoms with Crippen LogP contribution >= 0.6 is 12.2 Å². The Labute approximate surface area is 404 Å². The highest BCUT2D eigenvalue weighted by Crippen LogP contribution is 2.42. The summed E-state index contributed by atoms with van der Waals surface area (Å²) >= 11 is 3.85. The largest absolute Gasteiger partial charge is 0.593 e. The molecule has 0 radical (unpaired) electrons. The number of rotatable bonds is 22. The zero-order valence-corrected chi connectivity index (χ0v) is 38.9. The highest BCUT2D eigenvalue weighted by atomic mass is 32.2. The number of anilines is 1. The van der Waals surface area contributed by atoms with Gasteiger partial charge in [0, 0.05) is 66.9 Å². The molecule has 3 aliphatic rings. The molecule has 0 saturated carbocycles. The van der Waals surface area contributed by atoms with Gasteiger partial charge in [-0.3, -0.25) is 24.6 Å². The SMILES string of the molecule is N=C(N)NCCCCC(=O)NC(CCCCNC(=S)Nc1ccc(-c2c3ccc(=O)cc-3oc3cc(O)ccc23)c(C(=O)O)c1)C(=O)NCC(NC(=O)C1CCCN1[S+]([O-])c1ccccc1)C(=O)O. The molecule has 20 nitrogen and oxygen atoms in total. The molecule has 3 amide bonds. The number of carboxylic acid groups (broad SMARTS) is 2. The molecule has 364 valence electrons. The number of benzene rings is 4. The molecule has 3 aromatic carbocycles. The van der Waals surface area contributed by atoms with Gasteiger partial charge in [-0.2, -0.15) is 0 Å². The fraction of sp³-hybridized carbons (Fsp3) is 0.319. The number of thiocarbonyl (C=S) groups is 1. The molecule has 4 atom stereocenters. The number of carboxylic acids is 2. The molecule has 12 N–H and O–H groups in total. The van der Waals surface area contributed by atoms with Crippen LogP contribution in [0.4, 0.5) is 5.69 Å². The van der Waals surface area contributed by atoms with E-state index in [4.69, 9.17) is 27.8 Å². The van der Waals surface area contributed by atoms with Gasteiger partial charge >= 0.3 is 11.9 Å². The van der Waals surface area contributed by atoms with Crippen LogP contribution in [0.1, 0.15) is 61.7 Å². The van der Waals surface area contributed by atoms with Crippen molar-refractivity contribution in [3.05, 3.63) is 101 Å². The molecular weight excluding hydrogens is 931 g/mol. The van der Waals surface area contributed by atoms with Gasteiger partial charge in [-0.05, 0) is 111 Å². The van der Waals surface area contributed by atoms with Gasteiger partial charge in [0.1, 0.15) is 35.2 Å². The van der Waals surface area contributed by atoms with Crippen LogP contribution in [0.3, 0.4) is 0 Å². The maximum absolute atomic E-state index is 13.6. The molecule has 6 rings (SSSR count). The number of guanidine groups is 1. The van der Waals surface area contributed by atoms with Crippen molar-refractivity contribution in [2.24, 2.45) is 5.73 Å². The first kappa shape index (κ1) is 51.1. The second-order valence-corrected chi connectivity index (χ2v) is 18.0. The first-order chi connectivity index (χ1) is 33.1. The summed E-state index contributed by atoms with van der Waals surface area (Å²) in [6, 6.07) is 18.4. The molecule has 1 saturated heterocycles. The number of unbranched alkanes of at least 4 members (excludes halogenated alkanes) is 2. The Morgan fingerprint density at radius 1 is 0.884 bits per heavy atom. The van der Waals surface area contributed by atoms with E-state index >= 15 is 0 Å². The van der Waals surface area contributed by atoms with E-state index in [-0.39, 0.29) is 52.0 Å². The number of carbonyl (C=O) groups is 5. The van der Waals surface area contributed by atoms with Crippen LogP contribution in [0.15, 0.2) is 99.0 Å². The van der Waals surface area contributed by atoms with Crippen molar-refractivity contribution in [1.82, 2.24) is 30.9 Å². The lowest BCUT2D eigenvalue weighted by atomic mass is 9.90. The number of aromatic hydroxyl groups is 1. The summed E-state index contributed by atoms with van der Waals surface area (Å²) < 4.78 is 20.7. The highest BCUT2D eigenvalue weighted by molar-refractivity contribution is 7.89. The second-order valence-electron chi connectivity index (χ2n) is 16.2. The van der Waals surface area contributed by atoms with Crippen molar-refractivity contribution >= 4 is 81.0 Å². The van der Waals surface area contributed by atoms with E-state index in [1.165, 1.54) is 34.6 Å². The predicted octanol–water partition coefficient (Wildman–Crippen LogP) is 3.44. The fourth-order valence-electron chi connectivity index (χ4n) is 7.85. The summed E-state index contributed by atoms with van der Waals surface area (Å²) in [6.07, 6.45) is 2.93. The minimum Gasteiger partial charge on any atom is -0.593 e. The normalized spacial score (nSPS) is 14.8. The lowest BCUT2D eigenvalue weighted by Crippen LogP contribution is -2.55. The predicted molar refractivity (Wildman–Crippen MR) is 262 cm³/mol. The van der Waals surface area contributed by atoms with Crippen LogP contribution in [-0.4, -0.2) is 109 Å². The summed E-state index contributed by atoms with van der Waals surface area (Å²) in [5.74, 6) is -4.44. The van der Waals surface area contributed by atoms with Crippen molar-refractivity contribution in [2.45, 2.75) is 74.4 Å². The number of nitrogens with two attached hydrogens (primary N) is 1. The van der Waals surface area contributed by atoms with E-state index in [1.807, 2.05) is 0 Å². The lowest BCUT2D eigenvalue weighted by molar-refractivity contribution is -0.142. The Kier molecular flexibility index (Phi) is 17.9. The lowest BCUT2D eigenvalue weighted by Gasteiger charge is -2.26. The van der Waals surface area contributed by atoms with Gasteiger partial charge in [0.15, 0.2) is 21.4 Å². The van der Waals surface area contributed by atoms with E-state index in [1.54, 1.807) is 54.6 Å². The number of aromatic carboxylic acids is 1. The Hall–Kier alpha value is -7.27. The number of hydrogen-bond donors (Lipinski definition) is 11. The molecule has 22 heteroatoms. The monoisotopic (exact) mass is 983 g/mol. The number of phenolic OH excluding ortho intramolecular Hbond substituents is 1. The van der Waals surface area contributed by atoms with Crippen LogP contribution < -0.4 is 43.1 Å². The number of nitrogens with one attached hydrogen (secondary N) is 7. The standard InChI is InChI=1S/C47H53N9O11S2/c48-46(49)50-20-7-5-13-40(59)54-35(42(60)52-26-36(45(64)65)55-43(61)37-12-8-22-56(37)69(66)30-9-2-1-3-10-30)11-4-6-21-51-47(68)53-27-14-17-31(34(23-27)44(62)63)41-32-18-15-28(57)24-38(32)67-39-25-29(58)16-19-33(39)41/h1-3,9-10,14-19,23-25,35-37,57H,4-8,11-13,20-22,26H2,(H,52,60)(H,54,59)(H,55,61)(H,62,63)(H,64,65)(H4,48,49,50)(H2,51,53,68). The molecular formula is C47H53N9O11S2. The Balaban J connectivity index is 1.05. The quantitative estimate of drug-likeness (QED) is 0.0118. The molecule has 2 aliphatic heterocycles. The maximum Gasteiger partial charge on any atom is 0.336 e. The van der Waals surface area contributed by atoms with Crippen LogP contribution in [0.25, 0.3) is 33.4 Å². The second kappa shape index (κ2) is 24.1. The van der Waals surface area contributed by atoms with Gasteiger partial charge in [-0.25, -0.2) is 9.59 Å². The van der Waals surface area contributed by atoms with Gasteiger partial charge in [-0.1, -0.05) is 24.3 Å². The molecule has 0 bridgehead atoms. The van der Waals surface area contributed by atoms with Gasteiger partial charge in [0.25, 0.3) is 0 Å². The number of hydrogen-bond acceptors (Lipinski definition) is 12. The molecule has 69 heavy (non-hydrogen) atoms. The Bertz CT molecular complexity index is 2720. The molecule has 1 fully saturated rings. The average molecular weight is 984 g/mol. The summed E-state index contributed by atoms with van der Waals surface area (Å²) in [5.41, 5.74) is 6.84. The topological polar surface area (TPSA) is 325 Å². The minimum absolute atomic E-state index is 0.0622. The Morgan fingerprint density at radius 3 is 2.36 bits per heavy atom. The van der Waals surface area contributed by atoms with Crippen LogP contribution in [0.5, 0.6) is 5.75 Å². The molecule has 2 heterocycles. The van der Waals surface area contributed by atoms with Crippen LogP contribution in [0.2, 0.25) is 0 Å². The van der Waals surface area contributed by atoms with E-state index in [9.17, 15) is 48.6 Å². The van der Waals surface area contributed by atoms with Gasteiger partial charge in [0.05, 0.1) is 16.9 Å². The first-order valence-electron chi connectivity index (χ1n) is 22.1. The smallest absolute Gasteiger partial charge is 0.336 e. The Morgan fingerprint density at radius 2 is 1.62 bits per heavy atom. The van der Waals surface area contributed by atoms with Crippen molar-refractivity contribution in [2.75, 3.05) is 31.5 Å². The number of carbonyl (C=O) groups excluding carboxylic acids is 3. The third-order valence-corrected chi connectivity index (χ3v) is 13.0. The van der Waals surface area contributed by atoms with Crippen LogP contribution in [-0.2, 0) is 30.5 Å². The minimum atomic E-state index is -1.65. The van der Waals surface area contributed by atoms with Crippen molar-refractivity contribution < 1.29 is 48.3 Å². The number of phenols is 1. The summed E-state index contributed by atoms with van der Waals surface area (Å²) in [5, 5.41) is 54.9. The number of nitrogens with zero attached hydrogens (tertiary/aromatic N) is 1. The zero-order valence-electron chi connectivity index (χ0n) is 37.2. The maximum atomic E-state index is 13.6. The third kappa shape index (κ3) is 13.9. The van der Waals surface area contributed by atoms with Crippen molar-refractivity contribution in [1.29, 1.82) is 5.41 Å². The summed E-state index contributed by atoms with van der Waals surface area (Å²) in [7, 11) is 0. The molecule has 3 aromatic rings. The summed E-state index contributed by atoms with van der Waals surface area (Å²) in [6.45, 7) is 0.556. The van der Waals surface area contributed by atoms with E-state index in [0.717, 1.165) is 0 Å². The molecule has 0 aromatic heterocycles. The zero-order chi connectivity index (χ0) is 49.6. The first-order valence-corrected chi connectivity index (χ1v) is 23.6. The fourth-order valence-corrected chi connectivity index (χ4v) is 9.46. The number of aliphatic carboxylic acids is 1. The van der Waals surface area contributed by atoms with Crippen molar-refractivity contribution in [3.8, 4) is 28.2 Å². The van der Waals surface area contributed by atoms with Gasteiger partial charge in [0.2, 0.25) is 17.7 Å². The average Bonchev–Trinajstić information content (AvgIpc) is 3.81. The highest BCUT2D eigenvalue weighted by Gasteiger charge is 2.41. The molecule has 1 aliphatic carbocycles. The van der Waals surface area contributed by atoms with Gasteiger partial charge < -0.3 is 61.9 Å². The van der Waals surface area contributed by atoms with E-state index in [0.29, 0.717) is 90.8 Å². The van der Waals surface area contributed by atoms with Crippen LogP contribution in [0, 0.1) is 5.41 Å². The number of fused-ring (bicyclic) bond motifs is 2. The molecule has 4 unspecified atom stereocenters. The van der Waals surface area contributed by atoms with E-state index < -0.39 is 65.7 Å². The molecule has 0 spiro atoms.